The molecular formula is C9H12INO2S2. The van der Waals surface area contributed by atoms with E-state index in [2.05, 4.69) is 27.9 Å². The fourth-order valence-corrected chi connectivity index (χ4v) is 2.53. The summed E-state index contributed by atoms with van der Waals surface area (Å²) < 4.78 is 12.1. The summed E-state index contributed by atoms with van der Waals surface area (Å²) in [6.07, 6.45) is 1.64. The van der Waals surface area contributed by atoms with Gasteiger partial charge in [0.05, 0.1) is 8.45 Å². The van der Waals surface area contributed by atoms with E-state index in [1.165, 1.54) is 11.3 Å². The maximum absolute atomic E-state index is 11.6. The molecule has 2 atom stereocenters. The van der Waals surface area contributed by atoms with Crippen molar-refractivity contribution in [1.82, 2.24) is 5.32 Å². The van der Waals surface area contributed by atoms with Gasteiger partial charge in [-0.15, -0.1) is 11.3 Å². The molecule has 0 aromatic carbocycles. The molecule has 15 heavy (non-hydrogen) atoms. The van der Waals surface area contributed by atoms with Crippen molar-refractivity contribution in [2.24, 2.45) is 0 Å². The molecule has 0 radical (unpaired) electrons. The summed E-state index contributed by atoms with van der Waals surface area (Å²) in [6, 6.07) is 1.84. The Bertz CT molecular complexity index is 378. The lowest BCUT2D eigenvalue weighted by molar-refractivity contribution is 0.0954. The van der Waals surface area contributed by atoms with Crippen LogP contribution in [0.3, 0.4) is 0 Å². The van der Waals surface area contributed by atoms with E-state index in [4.69, 9.17) is 0 Å². The van der Waals surface area contributed by atoms with Crippen LogP contribution in [0.25, 0.3) is 0 Å². The number of amides is 1. The average molecular weight is 357 g/mol. The second-order valence-corrected chi connectivity index (χ2v) is 7.77. The summed E-state index contributed by atoms with van der Waals surface area (Å²) >= 11 is 3.72. The molecule has 0 aliphatic carbocycles. The van der Waals surface area contributed by atoms with Crippen LogP contribution in [-0.2, 0) is 10.8 Å². The molecular weight excluding hydrogens is 345 g/mol. The summed E-state index contributed by atoms with van der Waals surface area (Å²) in [5.41, 5.74) is 0.679. The van der Waals surface area contributed by atoms with Gasteiger partial charge in [0.25, 0.3) is 5.91 Å². The molecule has 0 spiro atoms. The maximum Gasteiger partial charge on any atom is 0.252 e. The van der Waals surface area contributed by atoms with Gasteiger partial charge in [0.1, 0.15) is 0 Å². The Morgan fingerprint density at radius 2 is 2.40 bits per heavy atom. The zero-order chi connectivity index (χ0) is 11.4. The van der Waals surface area contributed by atoms with Crippen LogP contribution in [0.5, 0.6) is 0 Å². The lowest BCUT2D eigenvalue weighted by Gasteiger charge is -2.08. The van der Waals surface area contributed by atoms with E-state index in [-0.39, 0.29) is 11.2 Å². The standard InChI is InChI=1S/C9H12INO2S2/c1-6(15(2)13)4-11-9(12)7-3-8(10)14-5-7/h3,5-6H,4H2,1-2H3,(H,11,12). The third kappa shape index (κ3) is 4.20. The third-order valence-corrected chi connectivity index (χ3v) is 5.04. The number of halogens is 1. The molecule has 84 valence electrons. The van der Waals surface area contributed by atoms with Gasteiger partial charge < -0.3 is 5.32 Å². The Kier molecular flexibility index (Phi) is 5.20. The summed E-state index contributed by atoms with van der Waals surface area (Å²) in [5.74, 6) is -0.0912. The second kappa shape index (κ2) is 5.95. The molecule has 0 saturated heterocycles. The normalized spacial score (nSPS) is 14.6. The molecule has 1 heterocycles. The number of thiophene rings is 1. The van der Waals surface area contributed by atoms with Gasteiger partial charge in [-0.05, 0) is 35.6 Å². The monoisotopic (exact) mass is 357 g/mol. The van der Waals surface area contributed by atoms with Gasteiger partial charge in [-0.2, -0.15) is 0 Å². The van der Waals surface area contributed by atoms with Crippen LogP contribution in [0, 0.1) is 2.88 Å². The molecule has 1 amide bonds. The average Bonchev–Trinajstić information content (AvgIpc) is 2.60. The number of rotatable bonds is 4. The second-order valence-electron chi connectivity index (χ2n) is 3.16. The lowest BCUT2D eigenvalue weighted by atomic mass is 10.3. The number of nitrogens with one attached hydrogen (secondary N) is 1. The SMILES string of the molecule is CC(CNC(=O)c1csc(I)c1)S(C)=O. The van der Waals surface area contributed by atoms with E-state index in [9.17, 15) is 9.00 Å². The molecule has 0 saturated carbocycles. The van der Waals surface area contributed by atoms with Crippen molar-refractivity contribution < 1.29 is 9.00 Å². The fourth-order valence-electron chi connectivity index (χ4n) is 0.885. The number of carbonyl (C=O) groups is 1. The highest BCUT2D eigenvalue weighted by molar-refractivity contribution is 14.1. The van der Waals surface area contributed by atoms with E-state index < -0.39 is 10.8 Å². The summed E-state index contributed by atoms with van der Waals surface area (Å²) in [6.45, 7) is 2.31. The van der Waals surface area contributed by atoms with Gasteiger partial charge in [-0.3, -0.25) is 9.00 Å². The van der Waals surface area contributed by atoms with E-state index in [1.807, 2.05) is 18.4 Å². The lowest BCUT2D eigenvalue weighted by Crippen LogP contribution is -2.32. The van der Waals surface area contributed by atoms with E-state index in [0.29, 0.717) is 12.1 Å². The van der Waals surface area contributed by atoms with Crippen LogP contribution >= 0.6 is 33.9 Å². The van der Waals surface area contributed by atoms with Gasteiger partial charge in [0, 0.05) is 34.2 Å². The van der Waals surface area contributed by atoms with Crippen LogP contribution < -0.4 is 5.32 Å². The van der Waals surface area contributed by atoms with Crippen molar-refractivity contribution in [1.29, 1.82) is 0 Å². The zero-order valence-electron chi connectivity index (χ0n) is 8.45. The highest BCUT2D eigenvalue weighted by atomic mass is 127. The first-order chi connectivity index (χ1) is 7.00. The number of carbonyl (C=O) groups excluding carboxylic acids is 1. The van der Waals surface area contributed by atoms with Crippen molar-refractivity contribution in [3.63, 3.8) is 0 Å². The van der Waals surface area contributed by atoms with E-state index in [1.54, 1.807) is 6.26 Å². The van der Waals surface area contributed by atoms with Crippen molar-refractivity contribution in [3.05, 3.63) is 19.9 Å². The van der Waals surface area contributed by atoms with Crippen LogP contribution in [0.2, 0.25) is 0 Å². The Morgan fingerprint density at radius 3 is 2.87 bits per heavy atom. The van der Waals surface area contributed by atoms with Gasteiger partial charge in [-0.1, -0.05) is 0 Å². The molecule has 0 aliphatic heterocycles. The third-order valence-electron chi connectivity index (χ3n) is 1.95. The topological polar surface area (TPSA) is 46.2 Å². The van der Waals surface area contributed by atoms with E-state index >= 15 is 0 Å². The van der Waals surface area contributed by atoms with Crippen molar-refractivity contribution >= 4 is 50.6 Å². The highest BCUT2D eigenvalue weighted by Crippen LogP contribution is 2.16. The minimum absolute atomic E-state index is 0.00772. The van der Waals surface area contributed by atoms with Crippen LogP contribution in [0.4, 0.5) is 0 Å². The van der Waals surface area contributed by atoms with Crippen LogP contribution in [0.1, 0.15) is 17.3 Å². The minimum atomic E-state index is -0.892. The largest absolute Gasteiger partial charge is 0.351 e. The van der Waals surface area contributed by atoms with E-state index in [0.717, 1.165) is 2.88 Å². The predicted molar refractivity (Wildman–Crippen MR) is 72.9 cm³/mol. The summed E-state index contributed by atoms with van der Waals surface area (Å²) in [4.78, 5) is 11.6. The Morgan fingerprint density at radius 1 is 1.73 bits per heavy atom. The Labute approximate surface area is 109 Å². The fraction of sp³-hybridized carbons (Fsp3) is 0.444. The first-order valence-corrected chi connectivity index (χ1v) is 7.93. The smallest absolute Gasteiger partial charge is 0.252 e. The minimum Gasteiger partial charge on any atom is -0.351 e. The van der Waals surface area contributed by atoms with Gasteiger partial charge in [0.15, 0.2) is 0 Å². The zero-order valence-corrected chi connectivity index (χ0v) is 12.2. The molecule has 1 rings (SSSR count). The Hall–Kier alpha value is 0.0500. The van der Waals surface area contributed by atoms with Crippen LogP contribution in [-0.4, -0.2) is 28.2 Å². The van der Waals surface area contributed by atoms with Crippen molar-refractivity contribution in [2.45, 2.75) is 12.2 Å². The van der Waals surface area contributed by atoms with Crippen molar-refractivity contribution in [3.8, 4) is 0 Å². The van der Waals surface area contributed by atoms with Gasteiger partial charge >= 0.3 is 0 Å². The van der Waals surface area contributed by atoms with Gasteiger partial charge in [-0.25, -0.2) is 0 Å². The Balaban J connectivity index is 2.47. The molecule has 1 aromatic heterocycles. The molecule has 0 bridgehead atoms. The molecule has 3 nitrogen and oxygen atoms in total. The number of hydrogen-bond acceptors (Lipinski definition) is 3. The first-order valence-electron chi connectivity index (χ1n) is 4.35. The summed E-state index contributed by atoms with van der Waals surface area (Å²) in [7, 11) is -0.892. The van der Waals surface area contributed by atoms with Crippen molar-refractivity contribution in [2.75, 3.05) is 12.8 Å². The molecule has 6 heteroatoms. The molecule has 2 unspecified atom stereocenters. The molecule has 0 fully saturated rings. The predicted octanol–water partition coefficient (Wildman–Crippen LogP) is 1.85. The molecule has 1 aromatic rings. The number of hydrogen-bond donors (Lipinski definition) is 1. The summed E-state index contributed by atoms with van der Waals surface area (Å²) in [5, 5.41) is 4.58. The maximum atomic E-state index is 11.6. The van der Waals surface area contributed by atoms with Crippen LogP contribution in [0.15, 0.2) is 11.4 Å². The highest BCUT2D eigenvalue weighted by Gasteiger charge is 2.11. The molecule has 0 aliphatic rings. The first kappa shape index (κ1) is 13.1. The van der Waals surface area contributed by atoms with Gasteiger partial charge in [0.2, 0.25) is 0 Å². The quantitative estimate of drug-likeness (QED) is 0.836. The molecule has 1 N–H and O–H groups in total.